The summed E-state index contributed by atoms with van der Waals surface area (Å²) in [4.78, 5) is 11.3. The summed E-state index contributed by atoms with van der Waals surface area (Å²) in [5.74, 6) is 0.538. The van der Waals surface area contributed by atoms with Crippen molar-refractivity contribution in [3.63, 3.8) is 0 Å². The van der Waals surface area contributed by atoms with E-state index in [0.717, 1.165) is 10.2 Å². The zero-order valence-corrected chi connectivity index (χ0v) is 16.2. The fourth-order valence-electron chi connectivity index (χ4n) is 2.19. The molecule has 0 aliphatic heterocycles. The van der Waals surface area contributed by atoms with Crippen molar-refractivity contribution in [1.82, 2.24) is 0 Å². The van der Waals surface area contributed by atoms with E-state index in [0.29, 0.717) is 24.5 Å². The molecule has 0 heterocycles. The van der Waals surface area contributed by atoms with Gasteiger partial charge in [-0.25, -0.2) is 0 Å². The van der Waals surface area contributed by atoms with Gasteiger partial charge in [0.2, 0.25) is 0 Å². The van der Waals surface area contributed by atoms with Gasteiger partial charge in [0.25, 0.3) is 5.91 Å². The molecule has 2 aromatic rings. The van der Waals surface area contributed by atoms with Gasteiger partial charge < -0.3 is 15.2 Å². The molecule has 2 N–H and O–H groups in total. The highest BCUT2D eigenvalue weighted by molar-refractivity contribution is 9.10. The lowest BCUT2D eigenvalue weighted by Crippen LogP contribution is -2.13. The van der Waals surface area contributed by atoms with Crippen LogP contribution in [0.5, 0.6) is 11.5 Å². The SMILES string of the molecule is Cc1ccc(OCCOc2ccc(Br)cc2/C=C(/C#N)C(N)=O)cc1C. The van der Waals surface area contributed by atoms with Crippen molar-refractivity contribution in [2.75, 3.05) is 13.2 Å². The lowest BCUT2D eigenvalue weighted by molar-refractivity contribution is -0.114. The summed E-state index contributed by atoms with van der Waals surface area (Å²) in [7, 11) is 0. The Hall–Kier alpha value is -2.78. The molecule has 134 valence electrons. The van der Waals surface area contributed by atoms with E-state index in [1.54, 1.807) is 18.2 Å². The topological polar surface area (TPSA) is 85.3 Å². The number of hydrogen-bond acceptors (Lipinski definition) is 4. The minimum Gasteiger partial charge on any atom is -0.490 e. The third kappa shape index (κ3) is 5.36. The van der Waals surface area contributed by atoms with Crippen molar-refractivity contribution in [2.45, 2.75) is 13.8 Å². The van der Waals surface area contributed by atoms with Gasteiger partial charge in [0.15, 0.2) is 0 Å². The average molecular weight is 415 g/mol. The maximum Gasteiger partial charge on any atom is 0.259 e. The number of hydrogen-bond donors (Lipinski definition) is 1. The number of amides is 1. The first-order chi connectivity index (χ1) is 12.4. The Morgan fingerprint density at radius 3 is 2.54 bits per heavy atom. The number of primary amides is 1. The molecule has 26 heavy (non-hydrogen) atoms. The summed E-state index contributed by atoms with van der Waals surface area (Å²) in [5, 5.41) is 9.01. The third-order valence-corrected chi connectivity index (χ3v) is 4.24. The maximum atomic E-state index is 11.3. The summed E-state index contributed by atoms with van der Waals surface area (Å²) < 4.78 is 12.2. The maximum absolute atomic E-state index is 11.3. The van der Waals surface area contributed by atoms with Gasteiger partial charge in [0.1, 0.15) is 36.4 Å². The molecule has 5 nitrogen and oxygen atoms in total. The third-order valence-electron chi connectivity index (χ3n) is 3.75. The van der Waals surface area contributed by atoms with Gasteiger partial charge in [0.05, 0.1) is 0 Å². The second-order valence-corrected chi connectivity index (χ2v) is 6.57. The predicted molar refractivity (Wildman–Crippen MR) is 104 cm³/mol. The Kier molecular flexibility index (Phi) is 6.81. The van der Waals surface area contributed by atoms with E-state index in [1.807, 2.05) is 38.1 Å². The Bertz CT molecular complexity index is 885. The van der Waals surface area contributed by atoms with E-state index in [1.165, 1.54) is 17.2 Å². The summed E-state index contributed by atoms with van der Waals surface area (Å²) in [6, 6.07) is 13.0. The van der Waals surface area contributed by atoms with Gasteiger partial charge in [-0.3, -0.25) is 4.79 Å². The summed E-state index contributed by atoms with van der Waals surface area (Å²) in [6.45, 7) is 4.76. The second-order valence-electron chi connectivity index (χ2n) is 5.66. The van der Waals surface area contributed by atoms with E-state index < -0.39 is 5.91 Å². The predicted octanol–water partition coefficient (Wildman–Crippen LogP) is 3.92. The van der Waals surface area contributed by atoms with E-state index in [4.69, 9.17) is 20.5 Å². The van der Waals surface area contributed by atoms with Gasteiger partial charge >= 0.3 is 0 Å². The van der Waals surface area contributed by atoms with Crippen molar-refractivity contribution in [2.24, 2.45) is 5.73 Å². The molecule has 0 fully saturated rings. The minimum atomic E-state index is -0.781. The van der Waals surface area contributed by atoms with Gasteiger partial charge in [-0.15, -0.1) is 0 Å². The number of nitriles is 1. The van der Waals surface area contributed by atoms with E-state index >= 15 is 0 Å². The minimum absolute atomic E-state index is 0.140. The number of aryl methyl sites for hydroxylation is 2. The smallest absolute Gasteiger partial charge is 0.259 e. The number of benzene rings is 2. The zero-order valence-electron chi connectivity index (χ0n) is 14.6. The lowest BCUT2D eigenvalue weighted by Gasteiger charge is -2.12. The number of carbonyl (C=O) groups excluding carboxylic acids is 1. The molecule has 6 heteroatoms. The molecule has 1 amide bonds. The molecule has 0 spiro atoms. The van der Waals surface area contributed by atoms with Crippen LogP contribution in [0.25, 0.3) is 6.08 Å². The Morgan fingerprint density at radius 2 is 1.88 bits per heavy atom. The molecule has 0 aliphatic rings. The standard InChI is InChI=1S/C20H19BrN2O3/c1-13-3-5-18(9-14(13)2)25-7-8-26-19-6-4-17(21)11-15(19)10-16(12-22)20(23)24/h3-6,9-11H,7-8H2,1-2H3,(H2,23,24)/b16-10-. The monoisotopic (exact) mass is 414 g/mol. The van der Waals surface area contributed by atoms with Crippen LogP contribution in [0.2, 0.25) is 0 Å². The molecule has 2 rings (SSSR count). The van der Waals surface area contributed by atoms with Gasteiger partial charge in [-0.2, -0.15) is 5.26 Å². The molecule has 0 bridgehead atoms. The quantitative estimate of drug-likeness (QED) is 0.422. The number of nitrogens with two attached hydrogens (primary N) is 1. The van der Waals surface area contributed by atoms with Crippen LogP contribution >= 0.6 is 15.9 Å². The Labute approximate surface area is 161 Å². The summed E-state index contributed by atoms with van der Waals surface area (Å²) >= 11 is 3.36. The van der Waals surface area contributed by atoms with Gasteiger partial charge in [-0.05, 0) is 61.4 Å². The number of carbonyl (C=O) groups is 1. The normalized spacial score (nSPS) is 10.9. The molecular formula is C20H19BrN2O3. The molecule has 0 saturated heterocycles. The van der Waals surface area contributed by atoms with Crippen LogP contribution in [0.15, 0.2) is 46.4 Å². The Morgan fingerprint density at radius 1 is 1.15 bits per heavy atom. The van der Waals surface area contributed by atoms with Crippen LogP contribution in [0.4, 0.5) is 0 Å². The first-order valence-electron chi connectivity index (χ1n) is 7.94. The zero-order chi connectivity index (χ0) is 19.1. The highest BCUT2D eigenvalue weighted by Gasteiger charge is 2.08. The lowest BCUT2D eigenvalue weighted by atomic mass is 10.1. The molecular weight excluding hydrogens is 396 g/mol. The first-order valence-corrected chi connectivity index (χ1v) is 8.74. The molecule has 0 unspecified atom stereocenters. The average Bonchev–Trinajstić information content (AvgIpc) is 2.60. The van der Waals surface area contributed by atoms with E-state index in [9.17, 15) is 4.79 Å². The van der Waals surface area contributed by atoms with Gasteiger partial charge in [-0.1, -0.05) is 22.0 Å². The second kappa shape index (κ2) is 9.07. The highest BCUT2D eigenvalue weighted by Crippen LogP contribution is 2.25. The Balaban J connectivity index is 2.04. The van der Waals surface area contributed by atoms with Crippen LogP contribution in [-0.4, -0.2) is 19.1 Å². The van der Waals surface area contributed by atoms with Crippen molar-refractivity contribution in [3.8, 4) is 17.6 Å². The molecule has 0 aromatic heterocycles. The summed E-state index contributed by atoms with van der Waals surface area (Å²) in [6.07, 6.45) is 1.41. The largest absolute Gasteiger partial charge is 0.490 e. The number of halogens is 1. The van der Waals surface area contributed by atoms with Crippen molar-refractivity contribution in [1.29, 1.82) is 5.26 Å². The van der Waals surface area contributed by atoms with E-state index in [-0.39, 0.29) is 5.57 Å². The summed E-state index contributed by atoms with van der Waals surface area (Å²) in [5.41, 5.74) is 8.01. The molecule has 0 saturated carbocycles. The van der Waals surface area contributed by atoms with Crippen molar-refractivity contribution < 1.29 is 14.3 Å². The van der Waals surface area contributed by atoms with Crippen molar-refractivity contribution in [3.05, 3.63) is 63.1 Å². The molecule has 0 radical (unpaired) electrons. The van der Waals surface area contributed by atoms with E-state index in [2.05, 4.69) is 15.9 Å². The van der Waals surface area contributed by atoms with Crippen LogP contribution in [-0.2, 0) is 4.79 Å². The van der Waals surface area contributed by atoms with Crippen molar-refractivity contribution >= 4 is 27.9 Å². The van der Waals surface area contributed by atoms with Crippen LogP contribution in [0.1, 0.15) is 16.7 Å². The highest BCUT2D eigenvalue weighted by atomic mass is 79.9. The number of ether oxygens (including phenoxy) is 2. The molecule has 0 aliphatic carbocycles. The van der Waals surface area contributed by atoms with Gasteiger partial charge in [0, 0.05) is 10.0 Å². The van der Waals surface area contributed by atoms with Crippen LogP contribution in [0, 0.1) is 25.2 Å². The first kappa shape index (κ1) is 19.5. The fraction of sp³-hybridized carbons (Fsp3) is 0.200. The molecule has 2 aromatic carbocycles. The van der Waals surface area contributed by atoms with Crippen LogP contribution < -0.4 is 15.2 Å². The van der Waals surface area contributed by atoms with Crippen LogP contribution in [0.3, 0.4) is 0 Å². The number of nitrogens with zero attached hydrogens (tertiary/aromatic N) is 1. The molecule has 0 atom stereocenters. The number of rotatable bonds is 7. The fourth-order valence-corrected chi connectivity index (χ4v) is 2.57.